The number of rotatable bonds is 5. The van der Waals surface area contributed by atoms with Gasteiger partial charge in [0.1, 0.15) is 18.2 Å². The van der Waals surface area contributed by atoms with E-state index in [2.05, 4.69) is 15.9 Å². The number of hydrogen-bond acceptors (Lipinski definition) is 2. The number of halogens is 3. The van der Waals surface area contributed by atoms with Gasteiger partial charge in [-0.25, -0.2) is 4.39 Å². The van der Waals surface area contributed by atoms with E-state index in [1.165, 1.54) is 17.0 Å². The largest absolute Gasteiger partial charge is 0.492 e. The highest BCUT2D eigenvalue weighted by atomic mass is 79.9. The topological polar surface area (TPSA) is 29.5 Å². The van der Waals surface area contributed by atoms with Gasteiger partial charge in [0.25, 0.3) is 5.91 Å². The van der Waals surface area contributed by atoms with Gasteiger partial charge in [-0.05, 0) is 42.5 Å². The maximum Gasteiger partial charge on any atom is 0.256 e. The van der Waals surface area contributed by atoms with E-state index in [0.29, 0.717) is 28.4 Å². The van der Waals surface area contributed by atoms with Crippen LogP contribution in [0.25, 0.3) is 0 Å². The van der Waals surface area contributed by atoms with Gasteiger partial charge in [0.2, 0.25) is 0 Å². The zero-order chi connectivity index (χ0) is 16.1. The van der Waals surface area contributed by atoms with Crippen LogP contribution in [0.1, 0.15) is 10.4 Å². The molecule has 0 saturated carbocycles. The van der Waals surface area contributed by atoms with E-state index in [-0.39, 0.29) is 5.56 Å². The van der Waals surface area contributed by atoms with Crippen LogP contribution in [-0.2, 0) is 0 Å². The summed E-state index contributed by atoms with van der Waals surface area (Å²) in [7, 11) is 1.61. The normalized spacial score (nSPS) is 10.4. The molecule has 0 unspecified atom stereocenters. The van der Waals surface area contributed by atoms with Crippen molar-refractivity contribution >= 4 is 33.4 Å². The Morgan fingerprint density at radius 3 is 2.64 bits per heavy atom. The number of carbonyl (C=O) groups excluding carboxylic acids is 1. The van der Waals surface area contributed by atoms with E-state index in [0.717, 1.165) is 0 Å². The molecule has 0 spiro atoms. The van der Waals surface area contributed by atoms with Gasteiger partial charge in [-0.15, -0.1) is 0 Å². The predicted octanol–water partition coefficient (Wildman–Crippen LogP) is 4.39. The first-order valence-corrected chi connectivity index (χ1v) is 7.73. The summed E-state index contributed by atoms with van der Waals surface area (Å²) in [6, 6.07) is 11.2. The highest BCUT2D eigenvalue weighted by molar-refractivity contribution is 9.10. The maximum atomic E-state index is 13.7. The minimum atomic E-state index is -0.543. The number of likely N-dealkylation sites (N-methyl/N-ethyl adjacent to an activating group) is 1. The van der Waals surface area contributed by atoms with Gasteiger partial charge in [0.05, 0.1) is 12.1 Å². The van der Waals surface area contributed by atoms with Gasteiger partial charge >= 0.3 is 0 Å². The molecule has 6 heteroatoms. The number of nitrogens with zero attached hydrogens (tertiary/aromatic N) is 1. The smallest absolute Gasteiger partial charge is 0.256 e. The van der Waals surface area contributed by atoms with E-state index in [9.17, 15) is 9.18 Å². The molecule has 0 atom stereocenters. The second-order valence-corrected chi connectivity index (χ2v) is 6.01. The van der Waals surface area contributed by atoms with E-state index < -0.39 is 11.7 Å². The van der Waals surface area contributed by atoms with Crippen molar-refractivity contribution in [3.63, 3.8) is 0 Å². The summed E-state index contributed by atoms with van der Waals surface area (Å²) < 4.78 is 19.9. The third-order valence-electron chi connectivity index (χ3n) is 3.01. The average Bonchev–Trinajstić information content (AvgIpc) is 2.51. The van der Waals surface area contributed by atoms with Crippen LogP contribution >= 0.6 is 27.5 Å². The number of hydrogen-bond donors (Lipinski definition) is 0. The molecule has 0 bridgehead atoms. The van der Waals surface area contributed by atoms with Gasteiger partial charge in [-0.1, -0.05) is 27.5 Å². The molecule has 116 valence electrons. The van der Waals surface area contributed by atoms with Crippen LogP contribution in [0.15, 0.2) is 46.9 Å². The Bertz CT molecular complexity index is 664. The van der Waals surface area contributed by atoms with Crippen molar-refractivity contribution in [2.75, 3.05) is 20.2 Å². The van der Waals surface area contributed by atoms with Crippen LogP contribution in [-0.4, -0.2) is 31.0 Å². The molecule has 0 fully saturated rings. The van der Waals surface area contributed by atoms with Crippen molar-refractivity contribution in [2.24, 2.45) is 0 Å². The Morgan fingerprint density at radius 1 is 1.27 bits per heavy atom. The monoisotopic (exact) mass is 385 g/mol. The summed E-state index contributed by atoms with van der Waals surface area (Å²) in [5.74, 6) is -0.268. The minimum Gasteiger partial charge on any atom is -0.492 e. The summed E-state index contributed by atoms with van der Waals surface area (Å²) in [5.41, 5.74) is 0.0309. The summed E-state index contributed by atoms with van der Waals surface area (Å²) >= 11 is 9.02. The lowest BCUT2D eigenvalue weighted by Gasteiger charge is -2.18. The van der Waals surface area contributed by atoms with Gasteiger partial charge in [0, 0.05) is 16.5 Å². The highest BCUT2D eigenvalue weighted by Gasteiger charge is 2.16. The second-order valence-electron chi connectivity index (χ2n) is 4.65. The first kappa shape index (κ1) is 16.8. The van der Waals surface area contributed by atoms with Crippen molar-refractivity contribution in [3.05, 3.63) is 63.3 Å². The molecule has 0 aromatic heterocycles. The number of carbonyl (C=O) groups is 1. The minimum absolute atomic E-state index is 0.0309. The summed E-state index contributed by atoms with van der Waals surface area (Å²) in [4.78, 5) is 13.6. The molecule has 2 aromatic carbocycles. The molecule has 0 aliphatic rings. The van der Waals surface area contributed by atoms with Gasteiger partial charge < -0.3 is 9.64 Å². The van der Waals surface area contributed by atoms with Gasteiger partial charge in [0.15, 0.2) is 0 Å². The maximum absolute atomic E-state index is 13.7. The van der Waals surface area contributed by atoms with Crippen molar-refractivity contribution < 1.29 is 13.9 Å². The summed E-state index contributed by atoms with van der Waals surface area (Å²) in [6.45, 7) is 0.646. The number of ether oxygens (including phenoxy) is 1. The number of benzene rings is 2. The summed E-state index contributed by atoms with van der Waals surface area (Å²) in [5, 5.41) is 0.629. The molecular weight excluding hydrogens is 373 g/mol. The van der Waals surface area contributed by atoms with Crippen LogP contribution in [0.4, 0.5) is 4.39 Å². The fourth-order valence-electron chi connectivity index (χ4n) is 1.80. The lowest BCUT2D eigenvalue weighted by atomic mass is 10.2. The molecule has 0 saturated heterocycles. The van der Waals surface area contributed by atoms with Crippen molar-refractivity contribution in [1.29, 1.82) is 0 Å². The molecule has 0 heterocycles. The fraction of sp³-hybridized carbons (Fsp3) is 0.188. The van der Waals surface area contributed by atoms with Crippen LogP contribution in [0.5, 0.6) is 5.75 Å². The Kier molecular flexibility index (Phi) is 5.80. The fourth-order valence-corrected chi connectivity index (χ4v) is 2.29. The molecule has 1 amide bonds. The SMILES string of the molecule is CN(CCOc1ccc(Cl)cc1)C(=O)c1cc(Br)ccc1F. The quantitative estimate of drug-likeness (QED) is 0.762. The Balaban J connectivity index is 1.91. The molecule has 2 rings (SSSR count). The van der Waals surface area contributed by atoms with Gasteiger partial charge in [-0.3, -0.25) is 4.79 Å². The zero-order valence-corrected chi connectivity index (χ0v) is 14.2. The Hall–Kier alpha value is -1.59. The van der Waals surface area contributed by atoms with E-state index in [1.807, 2.05) is 0 Å². The Morgan fingerprint density at radius 2 is 1.95 bits per heavy atom. The molecular formula is C16H14BrClFNO2. The first-order valence-electron chi connectivity index (χ1n) is 6.56. The lowest BCUT2D eigenvalue weighted by Crippen LogP contribution is -2.31. The molecule has 2 aromatic rings. The molecule has 3 nitrogen and oxygen atoms in total. The van der Waals surface area contributed by atoms with Crippen molar-refractivity contribution in [1.82, 2.24) is 4.90 Å². The van der Waals surface area contributed by atoms with E-state index >= 15 is 0 Å². The van der Waals surface area contributed by atoms with Crippen LogP contribution < -0.4 is 4.74 Å². The zero-order valence-electron chi connectivity index (χ0n) is 11.9. The van der Waals surface area contributed by atoms with Crippen LogP contribution in [0, 0.1) is 5.82 Å². The molecule has 0 aliphatic carbocycles. The molecule has 0 N–H and O–H groups in total. The highest BCUT2D eigenvalue weighted by Crippen LogP contribution is 2.17. The predicted molar refractivity (Wildman–Crippen MR) is 88.0 cm³/mol. The van der Waals surface area contributed by atoms with Crippen LogP contribution in [0.2, 0.25) is 5.02 Å². The third kappa shape index (κ3) is 4.45. The molecule has 22 heavy (non-hydrogen) atoms. The van der Waals surface area contributed by atoms with Gasteiger partial charge in [-0.2, -0.15) is 0 Å². The third-order valence-corrected chi connectivity index (χ3v) is 3.76. The molecule has 0 aliphatic heterocycles. The number of amides is 1. The van der Waals surface area contributed by atoms with Crippen molar-refractivity contribution in [2.45, 2.75) is 0 Å². The lowest BCUT2D eigenvalue weighted by molar-refractivity contribution is 0.0769. The van der Waals surface area contributed by atoms with E-state index in [4.69, 9.17) is 16.3 Å². The van der Waals surface area contributed by atoms with Crippen molar-refractivity contribution in [3.8, 4) is 5.75 Å². The average molecular weight is 387 g/mol. The summed E-state index contributed by atoms with van der Waals surface area (Å²) in [6.07, 6.45) is 0. The van der Waals surface area contributed by atoms with E-state index in [1.54, 1.807) is 37.4 Å². The Labute approximate surface area is 141 Å². The molecule has 0 radical (unpaired) electrons. The second kappa shape index (κ2) is 7.61. The van der Waals surface area contributed by atoms with Crippen LogP contribution in [0.3, 0.4) is 0 Å². The standard InChI is InChI=1S/C16H14BrClFNO2/c1-20(8-9-22-13-5-3-12(18)4-6-13)16(21)14-10-11(17)2-7-15(14)19/h2-7,10H,8-9H2,1H3. The first-order chi connectivity index (χ1) is 10.5.